The third-order valence-electron chi connectivity index (χ3n) is 3.20. The van der Waals surface area contributed by atoms with Gasteiger partial charge < -0.3 is 11.1 Å². The maximum Gasteiger partial charge on any atom is 0.261 e. The average molecular weight is 300 g/mol. The first-order valence-electron chi connectivity index (χ1n) is 6.67. The van der Waals surface area contributed by atoms with E-state index in [1.807, 2.05) is 43.6 Å². The zero-order valence-electron chi connectivity index (χ0n) is 11.7. The van der Waals surface area contributed by atoms with E-state index in [9.17, 15) is 4.79 Å². The third kappa shape index (κ3) is 3.05. The summed E-state index contributed by atoms with van der Waals surface area (Å²) in [5.41, 5.74) is 7.44. The van der Waals surface area contributed by atoms with Crippen LogP contribution >= 0.6 is 11.3 Å². The van der Waals surface area contributed by atoms with Crippen LogP contribution in [0, 0.1) is 0 Å². The number of rotatable bonds is 4. The number of amides is 1. The van der Waals surface area contributed by atoms with Crippen LogP contribution in [0.5, 0.6) is 0 Å². The van der Waals surface area contributed by atoms with Gasteiger partial charge >= 0.3 is 0 Å². The van der Waals surface area contributed by atoms with Gasteiger partial charge in [0.15, 0.2) is 0 Å². The molecule has 0 radical (unpaired) electrons. The molecule has 1 amide bonds. The lowest BCUT2D eigenvalue weighted by atomic mass is 10.2. The fourth-order valence-corrected chi connectivity index (χ4v) is 3.12. The molecule has 1 aromatic carbocycles. The Morgan fingerprint density at radius 3 is 3.00 bits per heavy atom. The van der Waals surface area contributed by atoms with Gasteiger partial charge in [-0.1, -0.05) is 0 Å². The minimum atomic E-state index is -0.0503. The van der Waals surface area contributed by atoms with E-state index in [1.54, 1.807) is 4.68 Å². The quantitative estimate of drug-likeness (QED) is 0.725. The molecule has 5 nitrogen and oxygen atoms in total. The van der Waals surface area contributed by atoms with Gasteiger partial charge in [0.2, 0.25) is 0 Å². The number of hydrogen-bond donors (Lipinski definition) is 2. The first-order valence-corrected chi connectivity index (χ1v) is 7.49. The van der Waals surface area contributed by atoms with Gasteiger partial charge in [0.05, 0.1) is 10.6 Å². The minimum Gasteiger partial charge on any atom is -0.399 e. The summed E-state index contributed by atoms with van der Waals surface area (Å²) in [5.74, 6) is -0.0503. The molecule has 6 heteroatoms. The number of fused-ring (bicyclic) bond motifs is 1. The molecule has 21 heavy (non-hydrogen) atoms. The van der Waals surface area contributed by atoms with Crippen LogP contribution in [0.25, 0.3) is 10.1 Å². The second-order valence-electron chi connectivity index (χ2n) is 4.89. The van der Waals surface area contributed by atoms with Crippen molar-refractivity contribution in [3.8, 4) is 0 Å². The van der Waals surface area contributed by atoms with E-state index in [2.05, 4.69) is 10.4 Å². The first-order chi connectivity index (χ1) is 10.1. The van der Waals surface area contributed by atoms with Crippen LogP contribution in [-0.4, -0.2) is 22.2 Å². The van der Waals surface area contributed by atoms with E-state index in [4.69, 9.17) is 5.73 Å². The molecule has 0 aliphatic heterocycles. The highest BCUT2D eigenvalue weighted by Crippen LogP contribution is 2.27. The molecular weight excluding hydrogens is 284 g/mol. The number of carbonyl (C=O) groups is 1. The molecule has 0 spiro atoms. The molecule has 3 N–H and O–H groups in total. The summed E-state index contributed by atoms with van der Waals surface area (Å²) in [6.45, 7) is 0.576. The molecule has 0 aliphatic carbocycles. The highest BCUT2D eigenvalue weighted by Gasteiger charge is 2.10. The van der Waals surface area contributed by atoms with Gasteiger partial charge in [0.25, 0.3) is 5.91 Å². The zero-order valence-corrected chi connectivity index (χ0v) is 12.5. The molecule has 2 aromatic heterocycles. The van der Waals surface area contributed by atoms with Crippen molar-refractivity contribution in [3.05, 3.63) is 47.1 Å². The van der Waals surface area contributed by atoms with Gasteiger partial charge in [-0.05, 0) is 35.7 Å². The predicted octanol–water partition coefficient (Wildman–Crippen LogP) is 2.19. The molecule has 0 bridgehead atoms. The van der Waals surface area contributed by atoms with E-state index >= 15 is 0 Å². The van der Waals surface area contributed by atoms with Gasteiger partial charge in [-0.25, -0.2) is 0 Å². The molecule has 0 fully saturated rings. The third-order valence-corrected chi connectivity index (χ3v) is 4.31. The molecule has 2 heterocycles. The first kappa shape index (κ1) is 13.6. The molecule has 3 rings (SSSR count). The van der Waals surface area contributed by atoms with Crippen molar-refractivity contribution in [1.29, 1.82) is 0 Å². The molecule has 0 saturated carbocycles. The summed E-state index contributed by atoms with van der Waals surface area (Å²) < 4.78 is 2.83. The molecule has 0 unspecified atom stereocenters. The van der Waals surface area contributed by atoms with Crippen LogP contribution in [0.1, 0.15) is 15.4 Å². The number of nitrogen functional groups attached to an aromatic ring is 1. The monoisotopic (exact) mass is 300 g/mol. The fraction of sp³-hybridized carbons (Fsp3) is 0.200. The summed E-state index contributed by atoms with van der Waals surface area (Å²) in [6, 6.07) is 9.51. The van der Waals surface area contributed by atoms with E-state index in [-0.39, 0.29) is 5.91 Å². The summed E-state index contributed by atoms with van der Waals surface area (Å²) in [5, 5.41) is 8.21. The Morgan fingerprint density at radius 2 is 2.24 bits per heavy atom. The topological polar surface area (TPSA) is 72.9 Å². The number of aromatic nitrogens is 2. The standard InChI is InChI=1S/C15H16N4OS/c1-19-7-5-12(18-19)4-6-17-15(20)14-9-10-8-11(16)2-3-13(10)21-14/h2-3,5,7-9H,4,6,16H2,1H3,(H,17,20). The second-order valence-corrected chi connectivity index (χ2v) is 5.98. The lowest BCUT2D eigenvalue weighted by Gasteiger charge is -2.01. The molecular formula is C15H16N4OS. The van der Waals surface area contributed by atoms with Gasteiger partial charge in [-0.15, -0.1) is 11.3 Å². The number of nitrogens with two attached hydrogens (primary N) is 1. The molecule has 0 atom stereocenters. The number of anilines is 1. The largest absolute Gasteiger partial charge is 0.399 e. The van der Waals surface area contributed by atoms with Gasteiger partial charge in [-0.2, -0.15) is 5.10 Å². The van der Waals surface area contributed by atoms with Crippen LogP contribution in [-0.2, 0) is 13.5 Å². The predicted molar refractivity (Wildman–Crippen MR) is 85.5 cm³/mol. The summed E-state index contributed by atoms with van der Waals surface area (Å²) in [7, 11) is 1.88. The Balaban J connectivity index is 1.63. The van der Waals surface area contributed by atoms with Crippen molar-refractivity contribution in [2.24, 2.45) is 7.05 Å². The van der Waals surface area contributed by atoms with Crippen LogP contribution in [0.3, 0.4) is 0 Å². The highest BCUT2D eigenvalue weighted by atomic mass is 32.1. The average Bonchev–Trinajstić information content (AvgIpc) is 3.04. The number of aryl methyl sites for hydroxylation is 1. The Kier molecular flexibility index (Phi) is 3.62. The van der Waals surface area contributed by atoms with Crippen molar-refractivity contribution in [2.45, 2.75) is 6.42 Å². The number of thiophene rings is 1. The lowest BCUT2D eigenvalue weighted by Crippen LogP contribution is -2.24. The van der Waals surface area contributed by atoms with Crippen molar-refractivity contribution in [3.63, 3.8) is 0 Å². The highest BCUT2D eigenvalue weighted by molar-refractivity contribution is 7.20. The van der Waals surface area contributed by atoms with E-state index < -0.39 is 0 Å². The van der Waals surface area contributed by atoms with Crippen molar-refractivity contribution < 1.29 is 4.79 Å². The molecule has 3 aromatic rings. The minimum absolute atomic E-state index is 0.0503. The summed E-state index contributed by atoms with van der Waals surface area (Å²) in [4.78, 5) is 12.8. The lowest BCUT2D eigenvalue weighted by molar-refractivity contribution is 0.0958. The molecule has 0 aliphatic rings. The number of nitrogens with zero attached hydrogens (tertiary/aromatic N) is 2. The van der Waals surface area contributed by atoms with Crippen LogP contribution in [0.15, 0.2) is 36.5 Å². The number of nitrogens with one attached hydrogen (secondary N) is 1. The maximum absolute atomic E-state index is 12.1. The van der Waals surface area contributed by atoms with E-state index in [1.165, 1.54) is 11.3 Å². The summed E-state index contributed by atoms with van der Waals surface area (Å²) in [6.07, 6.45) is 2.62. The van der Waals surface area contributed by atoms with Gasteiger partial charge in [-0.3, -0.25) is 9.48 Å². The molecule has 0 saturated heterocycles. The fourth-order valence-electron chi connectivity index (χ4n) is 2.16. The second kappa shape index (κ2) is 5.57. The van der Waals surface area contributed by atoms with E-state index in [0.29, 0.717) is 17.1 Å². The Hall–Kier alpha value is -2.34. The van der Waals surface area contributed by atoms with Crippen LogP contribution in [0.2, 0.25) is 0 Å². The van der Waals surface area contributed by atoms with E-state index in [0.717, 1.165) is 22.2 Å². The SMILES string of the molecule is Cn1ccc(CCNC(=O)c2cc3cc(N)ccc3s2)n1. The molecule has 108 valence electrons. The van der Waals surface area contributed by atoms with Crippen LogP contribution in [0.4, 0.5) is 5.69 Å². The van der Waals surface area contributed by atoms with Crippen molar-refractivity contribution in [2.75, 3.05) is 12.3 Å². The van der Waals surface area contributed by atoms with Crippen LogP contribution < -0.4 is 11.1 Å². The van der Waals surface area contributed by atoms with Crippen molar-refractivity contribution in [1.82, 2.24) is 15.1 Å². The Morgan fingerprint density at radius 1 is 1.38 bits per heavy atom. The zero-order chi connectivity index (χ0) is 14.8. The Labute approximate surface area is 126 Å². The summed E-state index contributed by atoms with van der Waals surface area (Å²) >= 11 is 1.48. The number of carbonyl (C=O) groups excluding carboxylic acids is 1. The normalized spacial score (nSPS) is 10.9. The maximum atomic E-state index is 12.1. The number of hydrogen-bond acceptors (Lipinski definition) is 4. The number of benzene rings is 1. The van der Waals surface area contributed by atoms with Crippen molar-refractivity contribution >= 4 is 33.0 Å². The van der Waals surface area contributed by atoms with Gasteiger partial charge in [0.1, 0.15) is 0 Å². The van der Waals surface area contributed by atoms with Gasteiger partial charge in [0, 0.05) is 36.6 Å². The smallest absolute Gasteiger partial charge is 0.261 e. The Bertz CT molecular complexity index is 790.